The molecule has 12 heteroatoms. The van der Waals surface area contributed by atoms with E-state index in [9.17, 15) is 9.59 Å². The second-order valence-corrected chi connectivity index (χ2v) is 12.9. The molecule has 2 N–H and O–H groups in total. The molecule has 3 atom stereocenters. The van der Waals surface area contributed by atoms with Crippen molar-refractivity contribution in [1.29, 1.82) is 0 Å². The average Bonchev–Trinajstić information content (AvgIpc) is 3.12. The fourth-order valence-corrected chi connectivity index (χ4v) is 7.00. The van der Waals surface area contributed by atoms with Gasteiger partial charge in [0.2, 0.25) is 0 Å². The highest BCUT2D eigenvalue weighted by Gasteiger charge is 2.38. The number of aromatic amines is 1. The van der Waals surface area contributed by atoms with Crippen molar-refractivity contribution in [3.63, 3.8) is 0 Å². The van der Waals surface area contributed by atoms with E-state index in [-0.39, 0.29) is 29.6 Å². The number of esters is 2. The van der Waals surface area contributed by atoms with E-state index >= 15 is 4.39 Å². The van der Waals surface area contributed by atoms with Crippen molar-refractivity contribution < 1.29 is 37.9 Å². The van der Waals surface area contributed by atoms with Crippen molar-refractivity contribution in [2.45, 2.75) is 37.5 Å². The maximum atomic E-state index is 15.1. The Labute approximate surface area is 294 Å². The first-order valence-electron chi connectivity index (χ1n) is 16.0. The van der Waals surface area contributed by atoms with Gasteiger partial charge >= 0.3 is 11.9 Å². The number of hydrogen-bond donors (Lipinski definition) is 1. The van der Waals surface area contributed by atoms with Crippen LogP contribution in [0.15, 0.2) is 79.1 Å². The molecule has 0 spiro atoms. The van der Waals surface area contributed by atoms with Crippen LogP contribution < -0.4 is 19.8 Å². The number of hydrogen-bond acceptors (Lipinski definition) is 8. The first kappa shape index (κ1) is 34.5. The second-order valence-electron chi connectivity index (χ2n) is 12.1. The second kappa shape index (κ2) is 15.4. The van der Waals surface area contributed by atoms with Crippen molar-refractivity contribution in [2.75, 3.05) is 39.2 Å². The summed E-state index contributed by atoms with van der Waals surface area (Å²) in [5, 5.41) is 3.89. The number of methoxy groups -OCH3 is 2. The summed E-state index contributed by atoms with van der Waals surface area (Å²) in [6, 6.07) is 16.7. The first-order chi connectivity index (χ1) is 23.7. The lowest BCUT2D eigenvalue weighted by molar-refractivity contribution is -0.377. The minimum absolute atomic E-state index is 0.143. The zero-order valence-electron chi connectivity index (χ0n) is 27.1. The Kier molecular flexibility index (Phi) is 10.9. The number of ether oxygens (including phenoxy) is 4. The van der Waals surface area contributed by atoms with Gasteiger partial charge < -0.3 is 24.3 Å². The maximum absolute atomic E-state index is 15.1. The molecule has 0 radical (unpaired) electrons. The number of carbonyl (C=O) groups excluding carboxylic acids is 2. The van der Waals surface area contributed by atoms with Crippen LogP contribution in [0.5, 0.6) is 11.5 Å². The Morgan fingerprint density at radius 2 is 1.69 bits per heavy atom. The number of pyridine rings is 1. The summed E-state index contributed by atoms with van der Waals surface area (Å²) >= 11 is 13.0. The lowest BCUT2D eigenvalue weighted by Crippen LogP contribution is -2.52. The molecule has 4 heterocycles. The molecule has 7 rings (SSSR count). The average molecular weight is 710 g/mol. The molecule has 0 aliphatic carbocycles. The number of carbonyl (C=O) groups is 2. The Hall–Kier alpha value is -4.38. The van der Waals surface area contributed by atoms with Crippen LogP contribution in [0, 0.1) is 11.7 Å². The third kappa shape index (κ3) is 7.93. The maximum Gasteiger partial charge on any atom is 0.338 e. The van der Waals surface area contributed by atoms with Crippen LogP contribution in [-0.4, -0.2) is 56.8 Å². The van der Waals surface area contributed by atoms with Gasteiger partial charge in [0.25, 0.3) is 0 Å². The molecule has 0 amide bonds. The monoisotopic (exact) mass is 708 g/mol. The van der Waals surface area contributed by atoms with Crippen LogP contribution in [0.2, 0.25) is 10.0 Å². The zero-order chi connectivity index (χ0) is 34.5. The first-order valence-corrected chi connectivity index (χ1v) is 16.8. The minimum Gasteiger partial charge on any atom is -0.493 e. The van der Waals surface area contributed by atoms with Crippen LogP contribution in [0.1, 0.15) is 52.0 Å². The Balaban J connectivity index is 1.26. The molecular formula is C37H37Cl2FN3O6+. The molecule has 256 valence electrons. The smallest absolute Gasteiger partial charge is 0.338 e. The number of benzene rings is 3. The number of H-pyrrole nitrogens is 1. The van der Waals surface area contributed by atoms with Gasteiger partial charge in [0, 0.05) is 29.8 Å². The number of fused-ring (bicyclic) bond motifs is 3. The van der Waals surface area contributed by atoms with Gasteiger partial charge in [-0.15, -0.1) is 0 Å². The van der Waals surface area contributed by atoms with Crippen LogP contribution in [0.3, 0.4) is 0 Å². The Morgan fingerprint density at radius 1 is 0.959 bits per heavy atom. The summed E-state index contributed by atoms with van der Waals surface area (Å²) in [6.45, 7) is 2.65. The van der Waals surface area contributed by atoms with E-state index in [0.717, 1.165) is 25.9 Å². The van der Waals surface area contributed by atoms with E-state index in [1.54, 1.807) is 73.1 Å². The summed E-state index contributed by atoms with van der Waals surface area (Å²) in [5.74, 6) is -0.525. The SMILES string of the molecule is COc1ccc([C@H](Cc2c(Cl)c[nH+]cc2Cl)OC(=O)c2cccc(NC(C(=O)O[C@H]3CN4CCC3CC4)c3ccccc3F)c2)cc1OC. The Morgan fingerprint density at radius 3 is 2.37 bits per heavy atom. The quantitative estimate of drug-likeness (QED) is 0.159. The van der Waals surface area contributed by atoms with Crippen LogP contribution >= 0.6 is 23.2 Å². The topological polar surface area (TPSA) is 100 Å². The van der Waals surface area contributed by atoms with Gasteiger partial charge in [-0.2, -0.15) is 0 Å². The van der Waals surface area contributed by atoms with E-state index in [0.29, 0.717) is 44.9 Å². The zero-order valence-corrected chi connectivity index (χ0v) is 28.6. The molecule has 2 bridgehead atoms. The van der Waals surface area contributed by atoms with Crippen LogP contribution in [0.4, 0.5) is 10.1 Å². The van der Waals surface area contributed by atoms with Gasteiger partial charge in [0.15, 0.2) is 29.9 Å². The van der Waals surface area contributed by atoms with Crippen LogP contribution in [-0.2, 0) is 20.7 Å². The van der Waals surface area contributed by atoms with Crippen LogP contribution in [0.25, 0.3) is 0 Å². The van der Waals surface area contributed by atoms with Crippen molar-refractivity contribution in [1.82, 2.24) is 4.90 Å². The van der Waals surface area contributed by atoms with Gasteiger partial charge in [-0.25, -0.2) is 19.0 Å². The largest absolute Gasteiger partial charge is 0.493 e. The van der Waals surface area contributed by atoms with Gasteiger partial charge in [-0.05, 0) is 73.8 Å². The van der Waals surface area contributed by atoms with E-state index < -0.39 is 29.9 Å². The van der Waals surface area contributed by atoms with Gasteiger partial charge in [-0.3, -0.25) is 4.90 Å². The molecule has 3 fully saturated rings. The van der Waals surface area contributed by atoms with Gasteiger partial charge in [0.05, 0.1) is 19.8 Å². The summed E-state index contributed by atoms with van der Waals surface area (Å²) in [5.41, 5.74) is 1.95. The molecule has 3 aliphatic rings. The van der Waals surface area contributed by atoms with E-state index in [1.165, 1.54) is 20.3 Å². The normalized spacial score (nSPS) is 19.4. The molecule has 3 aromatic carbocycles. The standard InChI is InChI=1S/C37H36Cl2FN3O6/c1-46-31-11-10-23(17-33(31)47-2)32(18-27-28(38)19-41-20-29(27)39)48-36(44)24-6-5-7-25(16-24)42-35(26-8-3-4-9-30(26)40)37(45)49-34-21-43-14-12-22(34)13-15-43/h3-11,16-17,19-20,22,32,34-35,42H,12-15,18,21H2,1-2H3/p+1/t32-,34-,35?/m0/s1. The number of nitrogens with one attached hydrogen (secondary N) is 2. The van der Waals surface area contributed by atoms with E-state index in [4.69, 9.17) is 42.1 Å². The lowest BCUT2D eigenvalue weighted by atomic mass is 9.86. The van der Waals surface area contributed by atoms with E-state index in [2.05, 4.69) is 15.2 Å². The highest BCUT2D eigenvalue weighted by molar-refractivity contribution is 6.35. The predicted molar refractivity (Wildman–Crippen MR) is 183 cm³/mol. The molecule has 1 aromatic heterocycles. The number of rotatable bonds is 12. The van der Waals surface area contributed by atoms with Crippen molar-refractivity contribution in [3.8, 4) is 11.5 Å². The van der Waals surface area contributed by atoms with Crippen molar-refractivity contribution in [3.05, 3.63) is 117 Å². The summed E-state index contributed by atoms with van der Waals surface area (Å²) in [7, 11) is 3.05. The van der Waals surface area contributed by atoms with Gasteiger partial charge in [0.1, 0.15) is 28.1 Å². The molecule has 4 aromatic rings. The molecule has 0 saturated carbocycles. The number of aromatic nitrogens is 1. The molecular weight excluding hydrogens is 672 g/mol. The highest BCUT2D eigenvalue weighted by atomic mass is 35.5. The highest BCUT2D eigenvalue weighted by Crippen LogP contribution is 2.36. The minimum atomic E-state index is -1.15. The van der Waals surface area contributed by atoms with Crippen molar-refractivity contribution >= 4 is 40.8 Å². The summed E-state index contributed by atoms with van der Waals surface area (Å²) in [6.07, 6.45) is 4.19. The molecule has 3 saturated heterocycles. The number of piperidine rings is 3. The summed E-state index contributed by atoms with van der Waals surface area (Å²) < 4.78 is 38.1. The van der Waals surface area contributed by atoms with E-state index in [1.807, 2.05) is 0 Å². The van der Waals surface area contributed by atoms with Gasteiger partial charge in [-0.1, -0.05) is 53.5 Å². The Bertz CT molecular complexity index is 1800. The summed E-state index contributed by atoms with van der Waals surface area (Å²) in [4.78, 5) is 32.6. The lowest BCUT2D eigenvalue weighted by Gasteiger charge is -2.44. The molecule has 9 nitrogen and oxygen atoms in total. The number of nitrogens with zero attached hydrogens (tertiary/aromatic N) is 1. The fourth-order valence-electron chi connectivity index (χ4n) is 6.47. The van der Waals surface area contributed by atoms with Crippen molar-refractivity contribution in [2.24, 2.45) is 5.92 Å². The fraction of sp³-hybridized carbons (Fsp3) is 0.324. The molecule has 49 heavy (non-hydrogen) atoms. The predicted octanol–water partition coefficient (Wildman–Crippen LogP) is 6.90. The third-order valence-corrected chi connectivity index (χ3v) is 9.81. The third-order valence-electron chi connectivity index (χ3n) is 9.14. The number of halogens is 3. The number of anilines is 1. The molecule has 3 aliphatic heterocycles. The molecule has 1 unspecified atom stereocenters.